The van der Waals surface area contributed by atoms with Crippen molar-refractivity contribution in [1.29, 1.82) is 0 Å². The Bertz CT molecular complexity index is 3160. The van der Waals surface area contributed by atoms with Crippen molar-refractivity contribution in [2.24, 2.45) is 0 Å². The normalized spacial score (nSPS) is 11.9. The fourth-order valence-corrected chi connectivity index (χ4v) is 8.17. The highest BCUT2D eigenvalue weighted by Gasteiger charge is 2.19. The molecular weight excluding hydrogens is 619 g/mol. The van der Waals surface area contributed by atoms with Gasteiger partial charge in [-0.15, -0.1) is 0 Å². The molecule has 0 unspecified atom stereocenters. The Morgan fingerprint density at radius 3 is 1.63 bits per heavy atom. The molecule has 0 fully saturated rings. The second-order valence-corrected chi connectivity index (χ2v) is 13.4. The molecule has 11 rings (SSSR count). The van der Waals surface area contributed by atoms with E-state index in [0.717, 1.165) is 38.8 Å². The lowest BCUT2D eigenvalue weighted by Crippen LogP contribution is -2.03. The summed E-state index contributed by atoms with van der Waals surface area (Å²) in [5.74, 6) is 0.662. The Hall–Kier alpha value is -6.84. The monoisotopic (exact) mass is 647 g/mol. The van der Waals surface area contributed by atoms with Crippen LogP contribution in [0, 0.1) is 0 Å². The van der Waals surface area contributed by atoms with Gasteiger partial charge in [0.15, 0.2) is 0 Å². The van der Waals surface area contributed by atoms with Gasteiger partial charge in [0.1, 0.15) is 0 Å². The quantitative estimate of drug-likeness (QED) is 0.179. The van der Waals surface area contributed by atoms with E-state index >= 15 is 0 Å². The minimum absolute atomic E-state index is 0.662. The summed E-state index contributed by atoms with van der Waals surface area (Å²) in [4.78, 5) is 10.9. The van der Waals surface area contributed by atoms with E-state index in [1.807, 2.05) is 0 Å². The van der Waals surface area contributed by atoms with Crippen LogP contribution >= 0.6 is 0 Å². The minimum atomic E-state index is 0.662. The third-order valence-electron chi connectivity index (χ3n) is 10.5. The number of hydrogen-bond acceptors (Lipinski definition) is 2. The lowest BCUT2D eigenvalue weighted by atomic mass is 9.92. The summed E-state index contributed by atoms with van der Waals surface area (Å²) < 4.78 is 2.25. The van der Waals surface area contributed by atoms with E-state index in [2.05, 4.69) is 180 Å². The van der Waals surface area contributed by atoms with Crippen LogP contribution in [-0.4, -0.2) is 14.5 Å². The molecule has 11 aromatic rings. The molecule has 3 heteroatoms. The molecule has 2 heterocycles. The molecule has 2 aromatic heterocycles. The van der Waals surface area contributed by atoms with Crippen molar-refractivity contribution >= 4 is 75.8 Å². The summed E-state index contributed by atoms with van der Waals surface area (Å²) in [6.45, 7) is 0. The van der Waals surface area contributed by atoms with Gasteiger partial charge in [0, 0.05) is 21.7 Å². The van der Waals surface area contributed by atoms with E-state index in [1.165, 1.54) is 59.4 Å². The van der Waals surface area contributed by atoms with Gasteiger partial charge in [-0.1, -0.05) is 140 Å². The predicted molar refractivity (Wildman–Crippen MR) is 215 cm³/mol. The molecule has 0 spiro atoms. The Balaban J connectivity index is 1.24. The molecule has 51 heavy (non-hydrogen) atoms. The average molecular weight is 648 g/mol. The lowest BCUT2D eigenvalue weighted by molar-refractivity contribution is 1.01. The van der Waals surface area contributed by atoms with Gasteiger partial charge in [0.05, 0.1) is 22.2 Å². The lowest BCUT2D eigenvalue weighted by Gasteiger charge is -2.15. The highest BCUT2D eigenvalue weighted by atomic mass is 15.2. The molecule has 0 amide bonds. The number of nitrogens with zero attached hydrogens (tertiary/aromatic N) is 3. The van der Waals surface area contributed by atoms with Crippen LogP contribution in [0.2, 0.25) is 0 Å². The molecule has 0 aliphatic heterocycles. The number of benzene rings is 9. The predicted octanol–water partition coefficient (Wildman–Crippen LogP) is 12.7. The van der Waals surface area contributed by atoms with Crippen LogP contribution in [0.3, 0.4) is 0 Å². The van der Waals surface area contributed by atoms with Crippen LogP contribution in [0.1, 0.15) is 0 Å². The van der Waals surface area contributed by atoms with Crippen molar-refractivity contribution in [1.82, 2.24) is 14.5 Å². The highest BCUT2D eigenvalue weighted by molar-refractivity contribution is 6.26. The van der Waals surface area contributed by atoms with Crippen LogP contribution in [-0.2, 0) is 0 Å². The van der Waals surface area contributed by atoms with Crippen LogP contribution in [0.5, 0.6) is 0 Å². The van der Waals surface area contributed by atoms with E-state index in [0.29, 0.717) is 5.95 Å². The minimum Gasteiger partial charge on any atom is -0.278 e. The number of hydrogen-bond donors (Lipinski definition) is 0. The molecule has 0 bridgehead atoms. The average Bonchev–Trinajstić information content (AvgIpc) is 3.52. The maximum atomic E-state index is 5.53. The Morgan fingerprint density at radius 2 is 0.882 bits per heavy atom. The first-order valence-corrected chi connectivity index (χ1v) is 17.4. The Labute approximate surface area is 293 Å². The number of rotatable bonds is 3. The van der Waals surface area contributed by atoms with E-state index in [-0.39, 0.29) is 0 Å². The molecule has 0 aliphatic rings. The Kier molecular flexibility index (Phi) is 5.96. The molecule has 0 saturated heterocycles. The maximum Gasteiger partial charge on any atom is 0.235 e. The zero-order chi connectivity index (χ0) is 33.5. The summed E-state index contributed by atoms with van der Waals surface area (Å²) in [7, 11) is 0. The fourth-order valence-electron chi connectivity index (χ4n) is 8.17. The first kappa shape index (κ1) is 28.0. The summed E-state index contributed by atoms with van der Waals surface area (Å²) >= 11 is 0. The molecule has 236 valence electrons. The molecule has 3 nitrogen and oxygen atoms in total. The molecule has 0 atom stereocenters. The van der Waals surface area contributed by atoms with Gasteiger partial charge in [-0.2, -0.15) is 0 Å². The third kappa shape index (κ3) is 4.25. The van der Waals surface area contributed by atoms with Gasteiger partial charge in [-0.3, -0.25) is 4.57 Å². The number of aromatic nitrogens is 3. The van der Waals surface area contributed by atoms with Crippen LogP contribution in [0.25, 0.3) is 104 Å². The molecule has 9 aromatic carbocycles. The molecule has 0 N–H and O–H groups in total. The van der Waals surface area contributed by atoms with Gasteiger partial charge >= 0.3 is 0 Å². The van der Waals surface area contributed by atoms with Crippen molar-refractivity contribution in [2.45, 2.75) is 0 Å². The summed E-state index contributed by atoms with van der Waals surface area (Å²) in [6, 6.07) is 63.2. The van der Waals surface area contributed by atoms with E-state index < -0.39 is 0 Å². The maximum absolute atomic E-state index is 5.53. The van der Waals surface area contributed by atoms with Gasteiger partial charge in [0.2, 0.25) is 5.95 Å². The van der Waals surface area contributed by atoms with Gasteiger partial charge in [0.25, 0.3) is 0 Å². The van der Waals surface area contributed by atoms with Gasteiger partial charge < -0.3 is 0 Å². The SMILES string of the molecule is c1ccc(-c2ccc3nc(-n4c5ccccc5c5cc6ccccc6cc54)nc(-c4ccc5c6ccccc6c6ccccc6c5c4)c3c2)cc1. The van der Waals surface area contributed by atoms with Crippen molar-refractivity contribution < 1.29 is 0 Å². The van der Waals surface area contributed by atoms with Crippen molar-refractivity contribution in [3.63, 3.8) is 0 Å². The second kappa shape index (κ2) is 10.8. The van der Waals surface area contributed by atoms with Crippen LogP contribution < -0.4 is 0 Å². The van der Waals surface area contributed by atoms with E-state index in [1.54, 1.807) is 0 Å². The van der Waals surface area contributed by atoms with Gasteiger partial charge in [-0.25, -0.2) is 9.97 Å². The van der Waals surface area contributed by atoms with E-state index in [4.69, 9.17) is 9.97 Å². The first-order valence-electron chi connectivity index (χ1n) is 17.4. The number of fused-ring (bicyclic) bond motifs is 11. The first-order chi connectivity index (χ1) is 25.3. The second-order valence-electron chi connectivity index (χ2n) is 13.4. The third-order valence-corrected chi connectivity index (χ3v) is 10.5. The van der Waals surface area contributed by atoms with Crippen molar-refractivity contribution in [2.75, 3.05) is 0 Å². The van der Waals surface area contributed by atoms with E-state index in [9.17, 15) is 0 Å². The van der Waals surface area contributed by atoms with Crippen molar-refractivity contribution in [3.8, 4) is 28.3 Å². The molecule has 0 radical (unpaired) electrons. The molecular formula is C48H29N3. The van der Waals surface area contributed by atoms with Crippen LogP contribution in [0.4, 0.5) is 0 Å². The zero-order valence-electron chi connectivity index (χ0n) is 27.6. The summed E-state index contributed by atoms with van der Waals surface area (Å²) in [5, 5.41) is 13.3. The number of para-hydroxylation sites is 1. The van der Waals surface area contributed by atoms with Crippen molar-refractivity contribution in [3.05, 3.63) is 176 Å². The summed E-state index contributed by atoms with van der Waals surface area (Å²) in [6.07, 6.45) is 0. The standard InChI is InChI=1S/C48H29N3/c1-2-12-30(13-3-1)33-23-25-44-43(27-33)47(34-22-24-39-37-18-7-6-16-35(37)36-17-8-9-19-38(36)41(39)28-34)50-48(49-44)51-45-21-11-10-20-40(45)42-26-31-14-4-5-15-32(31)29-46(42)51/h1-29H. The fraction of sp³-hybridized carbons (Fsp3) is 0. The largest absolute Gasteiger partial charge is 0.278 e. The zero-order valence-corrected chi connectivity index (χ0v) is 27.6. The summed E-state index contributed by atoms with van der Waals surface area (Å²) in [5.41, 5.74) is 7.37. The smallest absolute Gasteiger partial charge is 0.235 e. The highest BCUT2D eigenvalue weighted by Crippen LogP contribution is 2.40. The molecule has 0 saturated carbocycles. The topological polar surface area (TPSA) is 30.7 Å². The molecule has 0 aliphatic carbocycles. The Morgan fingerprint density at radius 1 is 0.314 bits per heavy atom. The van der Waals surface area contributed by atoms with Crippen LogP contribution in [0.15, 0.2) is 176 Å². The van der Waals surface area contributed by atoms with Gasteiger partial charge in [-0.05, 0) is 90.6 Å².